The molecule has 4 aromatic rings. The molecule has 0 radical (unpaired) electrons. The van der Waals surface area contributed by atoms with Crippen LogP contribution in [0.15, 0.2) is 70.9 Å². The third-order valence-corrected chi connectivity index (χ3v) is 6.50. The normalized spacial score (nSPS) is 12.0. The average Bonchev–Trinajstić information content (AvgIpc) is 3.23. The first-order valence-corrected chi connectivity index (χ1v) is 11.6. The molecule has 33 heavy (non-hydrogen) atoms. The molecule has 0 aliphatic heterocycles. The number of anilines is 1. The molecular formula is C24H25N5O3S. The minimum atomic E-state index is -0.384. The molecule has 1 amide bonds. The van der Waals surface area contributed by atoms with Gasteiger partial charge in [-0.2, -0.15) is 0 Å². The minimum Gasteiger partial charge on any atom is -0.494 e. The first-order chi connectivity index (χ1) is 16.0. The van der Waals surface area contributed by atoms with Gasteiger partial charge in [-0.3, -0.25) is 18.6 Å². The Hall–Kier alpha value is -3.59. The highest BCUT2D eigenvalue weighted by Gasteiger charge is 2.22. The van der Waals surface area contributed by atoms with E-state index in [9.17, 15) is 9.59 Å². The third kappa shape index (κ3) is 4.78. The number of carbonyl (C=O) groups excluding carboxylic acids is 1. The van der Waals surface area contributed by atoms with Gasteiger partial charge >= 0.3 is 5.56 Å². The molecule has 0 fully saturated rings. The van der Waals surface area contributed by atoms with E-state index in [-0.39, 0.29) is 22.4 Å². The van der Waals surface area contributed by atoms with Crippen molar-refractivity contribution in [1.29, 1.82) is 0 Å². The molecule has 1 N–H and O–H groups in total. The van der Waals surface area contributed by atoms with E-state index in [0.29, 0.717) is 23.9 Å². The Kier molecular flexibility index (Phi) is 6.79. The Morgan fingerprint density at radius 2 is 1.85 bits per heavy atom. The van der Waals surface area contributed by atoms with Crippen molar-refractivity contribution in [3.05, 3.63) is 76.8 Å². The van der Waals surface area contributed by atoms with Gasteiger partial charge in [0, 0.05) is 23.8 Å². The summed E-state index contributed by atoms with van der Waals surface area (Å²) in [4.78, 5) is 25.9. The third-order valence-electron chi connectivity index (χ3n) is 5.18. The van der Waals surface area contributed by atoms with Crippen LogP contribution in [0.3, 0.4) is 0 Å². The van der Waals surface area contributed by atoms with E-state index in [0.717, 1.165) is 17.0 Å². The highest BCUT2D eigenvalue weighted by Crippen LogP contribution is 2.26. The maximum absolute atomic E-state index is 13.0. The molecule has 9 heteroatoms. The first kappa shape index (κ1) is 22.6. The van der Waals surface area contributed by atoms with Gasteiger partial charge in [0.1, 0.15) is 5.75 Å². The van der Waals surface area contributed by atoms with Crippen LogP contribution in [0, 0.1) is 6.92 Å². The van der Waals surface area contributed by atoms with E-state index in [2.05, 4.69) is 15.5 Å². The molecule has 0 saturated carbocycles. The largest absolute Gasteiger partial charge is 0.494 e. The fraction of sp³-hybridized carbons (Fsp3) is 0.250. The lowest BCUT2D eigenvalue weighted by molar-refractivity contribution is -0.115. The molecule has 2 aromatic heterocycles. The Bertz CT molecular complexity index is 1330. The molecule has 2 aromatic carbocycles. The summed E-state index contributed by atoms with van der Waals surface area (Å²) < 4.78 is 8.60. The van der Waals surface area contributed by atoms with Crippen LogP contribution in [-0.4, -0.2) is 36.9 Å². The fourth-order valence-corrected chi connectivity index (χ4v) is 4.33. The summed E-state index contributed by atoms with van der Waals surface area (Å²) in [5, 5.41) is 11.4. The number of hydrogen-bond acceptors (Lipinski definition) is 6. The molecule has 0 spiro atoms. The zero-order valence-electron chi connectivity index (χ0n) is 18.7. The fourth-order valence-electron chi connectivity index (χ4n) is 3.40. The summed E-state index contributed by atoms with van der Waals surface area (Å²) in [7, 11) is 0. The molecule has 2 heterocycles. The van der Waals surface area contributed by atoms with E-state index in [1.54, 1.807) is 16.8 Å². The maximum atomic E-state index is 13.0. The Morgan fingerprint density at radius 3 is 2.55 bits per heavy atom. The van der Waals surface area contributed by atoms with E-state index >= 15 is 0 Å². The lowest BCUT2D eigenvalue weighted by atomic mass is 10.2. The number of carbonyl (C=O) groups is 1. The van der Waals surface area contributed by atoms with Crippen molar-refractivity contribution >= 4 is 29.0 Å². The minimum absolute atomic E-state index is 0.115. The molecule has 1 unspecified atom stereocenters. The number of aryl methyl sites for hydroxylation is 1. The average molecular weight is 464 g/mol. The Labute approximate surface area is 195 Å². The van der Waals surface area contributed by atoms with Crippen molar-refractivity contribution in [3.63, 3.8) is 0 Å². The lowest BCUT2D eigenvalue weighted by Gasteiger charge is -2.15. The van der Waals surface area contributed by atoms with Crippen molar-refractivity contribution in [2.75, 3.05) is 11.9 Å². The molecule has 170 valence electrons. The monoisotopic (exact) mass is 463 g/mol. The molecule has 8 nitrogen and oxygen atoms in total. The number of ether oxygens (including phenoxy) is 1. The van der Waals surface area contributed by atoms with Crippen LogP contribution in [-0.2, 0) is 4.79 Å². The van der Waals surface area contributed by atoms with Gasteiger partial charge < -0.3 is 10.1 Å². The number of thioether (sulfide) groups is 1. The summed E-state index contributed by atoms with van der Waals surface area (Å²) in [6.45, 7) is 6.39. The SMILES string of the molecule is CCOc1ccc(-n2ccn3c(SC(CC)C(=O)Nc4ccccc4C)nnc3c2=O)cc1. The smallest absolute Gasteiger partial charge is 0.300 e. The van der Waals surface area contributed by atoms with Gasteiger partial charge in [-0.05, 0) is 56.2 Å². The number of amides is 1. The summed E-state index contributed by atoms with van der Waals surface area (Å²) in [6, 6.07) is 14.9. The van der Waals surface area contributed by atoms with Crippen molar-refractivity contribution in [1.82, 2.24) is 19.2 Å². The predicted molar refractivity (Wildman–Crippen MR) is 129 cm³/mol. The van der Waals surface area contributed by atoms with E-state index in [4.69, 9.17) is 4.74 Å². The molecule has 0 aliphatic carbocycles. The van der Waals surface area contributed by atoms with E-state index in [1.807, 2.05) is 69.3 Å². The molecule has 0 bridgehead atoms. The van der Waals surface area contributed by atoms with Crippen LogP contribution >= 0.6 is 11.8 Å². The van der Waals surface area contributed by atoms with E-state index < -0.39 is 0 Å². The highest BCUT2D eigenvalue weighted by atomic mass is 32.2. The van der Waals surface area contributed by atoms with E-state index in [1.165, 1.54) is 16.3 Å². The zero-order valence-corrected chi connectivity index (χ0v) is 19.5. The summed E-state index contributed by atoms with van der Waals surface area (Å²) >= 11 is 1.29. The number of hydrogen-bond donors (Lipinski definition) is 1. The van der Waals surface area contributed by atoms with Crippen LogP contribution in [0.1, 0.15) is 25.8 Å². The number of benzene rings is 2. The molecule has 0 saturated heterocycles. The van der Waals surface area contributed by atoms with Crippen LogP contribution in [0.25, 0.3) is 11.3 Å². The van der Waals surface area contributed by atoms with Gasteiger partial charge in [0.25, 0.3) is 0 Å². The summed E-state index contributed by atoms with van der Waals surface area (Å²) in [5.41, 5.74) is 2.38. The number of rotatable bonds is 8. The number of aromatic nitrogens is 4. The quantitative estimate of drug-likeness (QED) is 0.396. The second-order valence-corrected chi connectivity index (χ2v) is 8.57. The van der Waals surface area contributed by atoms with Gasteiger partial charge in [0.15, 0.2) is 5.16 Å². The van der Waals surface area contributed by atoms with Crippen LogP contribution in [0.2, 0.25) is 0 Å². The standard InChI is InChI=1S/C24H25N5O3S/c1-4-20(22(30)25-19-9-7-6-8-16(19)3)33-24-27-26-21-23(31)28(14-15-29(21)24)17-10-12-18(13-11-17)32-5-2/h6-15,20H,4-5H2,1-3H3,(H,25,30). The predicted octanol–water partition coefficient (Wildman–Crippen LogP) is 4.10. The number of nitrogens with zero attached hydrogens (tertiary/aromatic N) is 4. The summed E-state index contributed by atoms with van der Waals surface area (Å²) in [6.07, 6.45) is 4.01. The summed E-state index contributed by atoms with van der Waals surface area (Å²) in [5.74, 6) is 0.627. The van der Waals surface area contributed by atoms with Crippen molar-refractivity contribution in [2.24, 2.45) is 0 Å². The topological polar surface area (TPSA) is 90.5 Å². The van der Waals surface area contributed by atoms with Gasteiger partial charge in [-0.15, -0.1) is 10.2 Å². The van der Waals surface area contributed by atoms with Crippen molar-refractivity contribution in [3.8, 4) is 11.4 Å². The molecule has 0 aliphatic rings. The van der Waals surface area contributed by atoms with Gasteiger partial charge in [0.2, 0.25) is 11.6 Å². The van der Waals surface area contributed by atoms with Gasteiger partial charge in [-0.1, -0.05) is 36.9 Å². The second-order valence-electron chi connectivity index (χ2n) is 7.40. The Balaban J connectivity index is 1.57. The second kappa shape index (κ2) is 9.91. The zero-order chi connectivity index (χ0) is 23.4. The molecule has 1 atom stereocenters. The Morgan fingerprint density at radius 1 is 1.09 bits per heavy atom. The maximum Gasteiger partial charge on any atom is 0.300 e. The van der Waals surface area contributed by atoms with Crippen LogP contribution in [0.5, 0.6) is 5.75 Å². The van der Waals surface area contributed by atoms with Crippen LogP contribution in [0.4, 0.5) is 5.69 Å². The van der Waals surface area contributed by atoms with Crippen LogP contribution < -0.4 is 15.6 Å². The molecule has 4 rings (SSSR count). The number of para-hydroxylation sites is 1. The number of nitrogens with one attached hydrogen (secondary N) is 1. The van der Waals surface area contributed by atoms with Gasteiger partial charge in [-0.25, -0.2) is 0 Å². The first-order valence-electron chi connectivity index (χ1n) is 10.7. The van der Waals surface area contributed by atoms with Crippen molar-refractivity contribution < 1.29 is 9.53 Å². The highest BCUT2D eigenvalue weighted by molar-refractivity contribution is 8.00. The lowest BCUT2D eigenvalue weighted by Crippen LogP contribution is -2.25. The van der Waals surface area contributed by atoms with Crippen molar-refractivity contribution in [2.45, 2.75) is 37.6 Å². The molecular weight excluding hydrogens is 438 g/mol. The number of fused-ring (bicyclic) bond motifs is 1. The van der Waals surface area contributed by atoms with Gasteiger partial charge in [0.05, 0.1) is 11.9 Å².